The molecule has 2 fully saturated rings. The minimum absolute atomic E-state index is 0.0177. The minimum Gasteiger partial charge on any atom is -0.481 e. The van der Waals surface area contributed by atoms with Crippen LogP contribution in [0.5, 0.6) is 0 Å². The highest BCUT2D eigenvalue weighted by molar-refractivity contribution is 6.30. The topological polar surface area (TPSA) is 108 Å². The van der Waals surface area contributed by atoms with Crippen molar-refractivity contribution in [2.75, 3.05) is 19.6 Å². The number of hydrogen-bond acceptors (Lipinski definition) is 5. The van der Waals surface area contributed by atoms with Gasteiger partial charge in [0.1, 0.15) is 5.69 Å². The number of aromatic nitrogens is 3. The van der Waals surface area contributed by atoms with Crippen molar-refractivity contribution >= 4 is 35.0 Å². The number of piperazine rings is 1. The summed E-state index contributed by atoms with van der Waals surface area (Å²) in [7, 11) is 0. The first kappa shape index (κ1) is 26.2. The molecule has 0 bridgehead atoms. The van der Waals surface area contributed by atoms with E-state index in [0.29, 0.717) is 48.8 Å². The number of carbonyl (C=O) groups excluding carboxylic acids is 2. The lowest BCUT2D eigenvalue weighted by Crippen LogP contribution is -2.63. The third kappa shape index (κ3) is 4.75. The van der Waals surface area contributed by atoms with Crippen molar-refractivity contribution in [3.8, 4) is 11.3 Å². The Labute approximate surface area is 226 Å². The van der Waals surface area contributed by atoms with Crippen LogP contribution in [0.3, 0.4) is 0 Å². The molecule has 5 rings (SSSR count). The molecule has 10 heteroatoms. The Bertz CT molecular complexity index is 1410. The van der Waals surface area contributed by atoms with Gasteiger partial charge in [0.25, 0.3) is 5.91 Å². The number of fused-ring (bicyclic) bond motifs is 1. The van der Waals surface area contributed by atoms with Gasteiger partial charge in [0.2, 0.25) is 5.91 Å². The van der Waals surface area contributed by atoms with E-state index in [4.69, 9.17) is 26.8 Å². The molecule has 2 amide bonds. The van der Waals surface area contributed by atoms with Crippen molar-refractivity contribution < 1.29 is 19.5 Å². The second-order valence-corrected chi connectivity index (χ2v) is 11.7. The van der Waals surface area contributed by atoms with Crippen LogP contribution in [-0.4, -0.2) is 72.5 Å². The largest absolute Gasteiger partial charge is 0.481 e. The van der Waals surface area contributed by atoms with Gasteiger partial charge in [-0.2, -0.15) is 5.10 Å². The number of rotatable bonds is 5. The Morgan fingerprint density at radius 2 is 1.76 bits per heavy atom. The SMILES string of the molecule is CC(C)c1cc(-c2ccc(Cl)cc2)nn2cc(C(=O)N3CCN(C(=O)[C@H]4C[C@H](C(=O)O)C4)CC3(C)C)nc12. The van der Waals surface area contributed by atoms with Crippen molar-refractivity contribution in [1.29, 1.82) is 0 Å². The van der Waals surface area contributed by atoms with Crippen molar-refractivity contribution in [3.05, 3.63) is 52.8 Å². The highest BCUT2D eigenvalue weighted by Gasteiger charge is 2.45. The molecule has 3 aromatic rings. The molecule has 38 heavy (non-hydrogen) atoms. The van der Waals surface area contributed by atoms with Gasteiger partial charge in [-0.25, -0.2) is 9.50 Å². The fourth-order valence-electron chi connectivity index (χ4n) is 5.43. The molecule has 1 aliphatic heterocycles. The van der Waals surface area contributed by atoms with Gasteiger partial charge in [-0.15, -0.1) is 0 Å². The summed E-state index contributed by atoms with van der Waals surface area (Å²) in [6.07, 6.45) is 2.45. The molecule has 3 heterocycles. The molecule has 2 aromatic heterocycles. The lowest BCUT2D eigenvalue weighted by molar-refractivity contribution is -0.153. The number of amides is 2. The number of benzene rings is 1. The summed E-state index contributed by atoms with van der Waals surface area (Å²) in [5.41, 5.74) is 3.01. The maximum Gasteiger partial charge on any atom is 0.306 e. The number of halogens is 1. The number of carboxylic acids is 1. The minimum atomic E-state index is -0.840. The summed E-state index contributed by atoms with van der Waals surface area (Å²) in [5, 5.41) is 14.5. The fraction of sp³-hybridized carbons (Fsp3) is 0.464. The Hall–Kier alpha value is -3.46. The first-order valence-electron chi connectivity index (χ1n) is 12.9. The molecule has 0 spiro atoms. The van der Waals surface area contributed by atoms with Gasteiger partial charge in [-0.05, 0) is 50.8 Å². The number of imidazole rings is 1. The molecule has 200 valence electrons. The molecular formula is C28H32ClN5O4. The van der Waals surface area contributed by atoms with Gasteiger partial charge >= 0.3 is 5.97 Å². The Kier molecular flexibility index (Phi) is 6.67. The maximum atomic E-state index is 13.7. The molecular weight excluding hydrogens is 506 g/mol. The average Bonchev–Trinajstić information content (AvgIpc) is 3.25. The van der Waals surface area contributed by atoms with Crippen molar-refractivity contribution in [2.45, 2.75) is 52.0 Å². The zero-order valence-corrected chi connectivity index (χ0v) is 22.8. The van der Waals surface area contributed by atoms with E-state index in [1.54, 1.807) is 20.5 Å². The van der Waals surface area contributed by atoms with E-state index >= 15 is 0 Å². The van der Waals surface area contributed by atoms with E-state index < -0.39 is 17.4 Å². The highest BCUT2D eigenvalue weighted by atomic mass is 35.5. The summed E-state index contributed by atoms with van der Waals surface area (Å²) >= 11 is 6.06. The molecule has 1 saturated carbocycles. The normalized spacial score (nSPS) is 21.0. The maximum absolute atomic E-state index is 13.7. The first-order chi connectivity index (χ1) is 17.9. The van der Waals surface area contributed by atoms with E-state index in [2.05, 4.69) is 13.8 Å². The summed E-state index contributed by atoms with van der Waals surface area (Å²) in [6, 6.07) is 9.48. The van der Waals surface area contributed by atoms with Gasteiger partial charge < -0.3 is 14.9 Å². The lowest BCUT2D eigenvalue weighted by Gasteiger charge is -2.48. The van der Waals surface area contributed by atoms with Crippen LogP contribution in [0, 0.1) is 11.8 Å². The lowest BCUT2D eigenvalue weighted by atomic mass is 9.74. The predicted molar refractivity (Wildman–Crippen MR) is 143 cm³/mol. The molecule has 1 aliphatic carbocycles. The third-order valence-corrected chi connectivity index (χ3v) is 7.98. The summed E-state index contributed by atoms with van der Waals surface area (Å²) in [4.78, 5) is 46.0. The molecule has 9 nitrogen and oxygen atoms in total. The van der Waals surface area contributed by atoms with E-state index in [0.717, 1.165) is 16.8 Å². The summed E-state index contributed by atoms with van der Waals surface area (Å²) in [5.74, 6) is -1.58. The monoisotopic (exact) mass is 537 g/mol. The van der Waals surface area contributed by atoms with Gasteiger partial charge in [0.05, 0.1) is 23.3 Å². The van der Waals surface area contributed by atoms with Crippen LogP contribution in [-0.2, 0) is 9.59 Å². The van der Waals surface area contributed by atoms with Crippen LogP contribution in [0.2, 0.25) is 5.02 Å². The zero-order chi connectivity index (χ0) is 27.4. The van der Waals surface area contributed by atoms with Crippen LogP contribution in [0.15, 0.2) is 36.5 Å². The van der Waals surface area contributed by atoms with Crippen molar-refractivity contribution in [2.24, 2.45) is 11.8 Å². The Balaban J connectivity index is 1.37. The molecule has 1 saturated heterocycles. The zero-order valence-electron chi connectivity index (χ0n) is 22.0. The van der Waals surface area contributed by atoms with Gasteiger partial charge in [-0.3, -0.25) is 14.4 Å². The second kappa shape index (κ2) is 9.69. The van der Waals surface area contributed by atoms with E-state index in [1.165, 1.54) is 0 Å². The molecule has 0 radical (unpaired) electrons. The van der Waals surface area contributed by atoms with Crippen molar-refractivity contribution in [3.63, 3.8) is 0 Å². The van der Waals surface area contributed by atoms with E-state index in [1.807, 2.05) is 44.2 Å². The number of hydrogen-bond donors (Lipinski definition) is 1. The average molecular weight is 538 g/mol. The Morgan fingerprint density at radius 1 is 1.08 bits per heavy atom. The fourth-order valence-corrected chi connectivity index (χ4v) is 5.55. The van der Waals surface area contributed by atoms with Crippen LogP contribution < -0.4 is 0 Å². The third-order valence-electron chi connectivity index (χ3n) is 7.73. The number of aliphatic carboxylic acids is 1. The number of carbonyl (C=O) groups is 3. The van der Waals surface area contributed by atoms with Gasteiger partial charge in [0, 0.05) is 41.7 Å². The van der Waals surface area contributed by atoms with E-state index in [9.17, 15) is 14.4 Å². The molecule has 1 aromatic carbocycles. The van der Waals surface area contributed by atoms with Crippen LogP contribution >= 0.6 is 11.6 Å². The molecule has 1 N–H and O–H groups in total. The molecule has 2 aliphatic rings. The molecule has 0 unspecified atom stereocenters. The summed E-state index contributed by atoms with van der Waals surface area (Å²) in [6.45, 7) is 9.21. The van der Waals surface area contributed by atoms with E-state index in [-0.39, 0.29) is 23.7 Å². The standard InChI is InChI=1S/C28H32ClN5O4/c1-16(2)21-13-22(17-5-7-20(29)8-6-17)31-34-14-23(30-24(21)34)26(36)33-10-9-32(15-28(33,3)4)25(35)18-11-19(12-18)27(37)38/h5-8,13-14,16,18-19H,9-12,15H2,1-4H3,(H,37,38)/t18-,19-. The van der Waals surface area contributed by atoms with Crippen molar-refractivity contribution in [1.82, 2.24) is 24.4 Å². The first-order valence-corrected chi connectivity index (χ1v) is 13.3. The number of carboxylic acid groups (broad SMARTS) is 1. The number of nitrogens with zero attached hydrogens (tertiary/aromatic N) is 5. The second-order valence-electron chi connectivity index (χ2n) is 11.3. The van der Waals surface area contributed by atoms with Crippen LogP contribution in [0.1, 0.15) is 62.5 Å². The van der Waals surface area contributed by atoms with Gasteiger partial charge in [-0.1, -0.05) is 37.6 Å². The summed E-state index contributed by atoms with van der Waals surface area (Å²) < 4.78 is 1.68. The van der Waals surface area contributed by atoms with Crippen LogP contribution in [0.25, 0.3) is 16.9 Å². The predicted octanol–water partition coefficient (Wildman–Crippen LogP) is 4.35. The smallest absolute Gasteiger partial charge is 0.306 e. The highest BCUT2D eigenvalue weighted by Crippen LogP contribution is 2.36. The quantitative estimate of drug-likeness (QED) is 0.518. The molecule has 0 atom stereocenters. The Morgan fingerprint density at radius 3 is 2.37 bits per heavy atom. The van der Waals surface area contributed by atoms with Gasteiger partial charge in [0.15, 0.2) is 5.65 Å². The van der Waals surface area contributed by atoms with Crippen LogP contribution in [0.4, 0.5) is 0 Å².